The molecule has 0 amide bonds. The van der Waals surface area contributed by atoms with Crippen molar-refractivity contribution in [1.29, 1.82) is 0 Å². The second-order valence-corrected chi connectivity index (χ2v) is 8.39. The number of piperazine rings is 1. The third-order valence-electron chi connectivity index (χ3n) is 4.81. The SMILES string of the molecule is Cc1cc(N2CC3CCC(C2)N3S(C)(=O)=O)c2[nH]ncc2c1. The molecule has 0 saturated carbocycles. The molecule has 118 valence electrons. The van der Waals surface area contributed by atoms with E-state index in [1.165, 1.54) is 11.8 Å². The first-order chi connectivity index (χ1) is 10.4. The number of aromatic nitrogens is 2. The number of fused-ring (bicyclic) bond motifs is 3. The second-order valence-electron chi connectivity index (χ2n) is 6.50. The molecular formula is C15H20N4O2S. The van der Waals surface area contributed by atoms with Crippen molar-refractivity contribution in [1.82, 2.24) is 14.5 Å². The van der Waals surface area contributed by atoms with Crippen LogP contribution in [0.1, 0.15) is 18.4 Å². The van der Waals surface area contributed by atoms with Crippen molar-refractivity contribution in [3.63, 3.8) is 0 Å². The lowest BCUT2D eigenvalue weighted by Gasteiger charge is -2.40. The summed E-state index contributed by atoms with van der Waals surface area (Å²) in [6.07, 6.45) is 5.07. The number of sulfonamides is 1. The number of hydrogen-bond donors (Lipinski definition) is 1. The van der Waals surface area contributed by atoms with Gasteiger partial charge in [-0.25, -0.2) is 8.42 Å². The quantitative estimate of drug-likeness (QED) is 0.910. The fraction of sp³-hybridized carbons (Fsp3) is 0.533. The molecule has 0 spiro atoms. The van der Waals surface area contributed by atoms with E-state index in [-0.39, 0.29) is 12.1 Å². The lowest BCUT2D eigenvalue weighted by molar-refractivity contribution is 0.288. The van der Waals surface area contributed by atoms with Gasteiger partial charge < -0.3 is 4.90 Å². The normalized spacial score (nSPS) is 26.0. The summed E-state index contributed by atoms with van der Waals surface area (Å²) in [7, 11) is -3.12. The molecular weight excluding hydrogens is 300 g/mol. The molecule has 3 heterocycles. The van der Waals surface area contributed by atoms with Gasteiger partial charge in [-0.15, -0.1) is 0 Å². The zero-order chi connectivity index (χ0) is 15.5. The van der Waals surface area contributed by atoms with Gasteiger partial charge >= 0.3 is 0 Å². The van der Waals surface area contributed by atoms with Crippen LogP contribution < -0.4 is 4.90 Å². The van der Waals surface area contributed by atoms with Crippen molar-refractivity contribution >= 4 is 26.6 Å². The minimum absolute atomic E-state index is 0.0900. The Morgan fingerprint density at radius 2 is 1.91 bits per heavy atom. The molecule has 6 nitrogen and oxygen atoms in total. The van der Waals surface area contributed by atoms with Gasteiger partial charge in [0.15, 0.2) is 0 Å². The predicted octanol–water partition coefficient (Wildman–Crippen LogP) is 1.48. The summed E-state index contributed by atoms with van der Waals surface area (Å²) in [6.45, 7) is 3.58. The number of nitrogens with one attached hydrogen (secondary N) is 1. The number of anilines is 1. The molecule has 1 aromatic heterocycles. The van der Waals surface area contributed by atoms with Crippen molar-refractivity contribution in [2.75, 3.05) is 24.2 Å². The van der Waals surface area contributed by atoms with Gasteiger partial charge in [-0.2, -0.15) is 9.40 Å². The maximum absolute atomic E-state index is 12.0. The molecule has 2 saturated heterocycles. The molecule has 2 aromatic rings. The molecule has 2 bridgehead atoms. The maximum Gasteiger partial charge on any atom is 0.211 e. The van der Waals surface area contributed by atoms with Crippen LogP contribution in [0.5, 0.6) is 0 Å². The van der Waals surface area contributed by atoms with E-state index in [2.05, 4.69) is 34.2 Å². The molecule has 2 fully saturated rings. The highest BCUT2D eigenvalue weighted by molar-refractivity contribution is 7.88. The van der Waals surface area contributed by atoms with E-state index < -0.39 is 10.0 Å². The third kappa shape index (κ3) is 2.11. The van der Waals surface area contributed by atoms with Gasteiger partial charge in [0, 0.05) is 30.6 Å². The first kappa shape index (κ1) is 14.0. The van der Waals surface area contributed by atoms with Gasteiger partial charge in [-0.3, -0.25) is 5.10 Å². The minimum Gasteiger partial charge on any atom is -0.367 e. The van der Waals surface area contributed by atoms with Crippen molar-refractivity contribution < 1.29 is 8.42 Å². The third-order valence-corrected chi connectivity index (χ3v) is 6.17. The van der Waals surface area contributed by atoms with Gasteiger partial charge in [-0.05, 0) is 37.5 Å². The molecule has 4 rings (SSSR count). The first-order valence-corrected chi connectivity index (χ1v) is 9.45. The molecule has 2 unspecified atom stereocenters. The Labute approximate surface area is 130 Å². The van der Waals surface area contributed by atoms with Crippen LogP contribution in [0, 0.1) is 6.92 Å². The number of H-pyrrole nitrogens is 1. The molecule has 2 aliphatic rings. The summed E-state index contributed by atoms with van der Waals surface area (Å²) in [5, 5.41) is 8.33. The zero-order valence-corrected chi connectivity index (χ0v) is 13.6. The Kier molecular flexibility index (Phi) is 2.99. The predicted molar refractivity (Wildman–Crippen MR) is 86.5 cm³/mol. The standard InChI is InChI=1S/C15H20N4O2S/c1-10-5-11-7-16-17-15(11)14(6-10)18-8-12-3-4-13(9-18)19(12)22(2,20)21/h5-7,12-13H,3-4,8-9H2,1-2H3,(H,16,17). The van der Waals surface area contributed by atoms with Crippen LogP contribution in [0.2, 0.25) is 0 Å². The molecule has 2 aliphatic heterocycles. The van der Waals surface area contributed by atoms with Crippen molar-refractivity contribution in [2.24, 2.45) is 0 Å². The first-order valence-electron chi connectivity index (χ1n) is 7.60. The van der Waals surface area contributed by atoms with Gasteiger partial charge in [0.25, 0.3) is 0 Å². The number of rotatable bonds is 2. The molecule has 1 aromatic carbocycles. The lowest BCUT2D eigenvalue weighted by atomic mass is 10.1. The van der Waals surface area contributed by atoms with Crippen LogP contribution in [0.15, 0.2) is 18.3 Å². The average Bonchev–Trinajstić information content (AvgIpc) is 3.00. The average molecular weight is 320 g/mol. The van der Waals surface area contributed by atoms with E-state index in [9.17, 15) is 8.42 Å². The smallest absolute Gasteiger partial charge is 0.211 e. The minimum atomic E-state index is -3.12. The van der Waals surface area contributed by atoms with E-state index in [4.69, 9.17) is 0 Å². The summed E-state index contributed by atoms with van der Waals surface area (Å²) in [6, 6.07) is 4.46. The van der Waals surface area contributed by atoms with Crippen LogP contribution in [-0.2, 0) is 10.0 Å². The van der Waals surface area contributed by atoms with E-state index in [1.54, 1.807) is 4.31 Å². The number of nitrogens with zero attached hydrogens (tertiary/aromatic N) is 3. The van der Waals surface area contributed by atoms with Crippen molar-refractivity contribution in [3.05, 3.63) is 23.9 Å². The van der Waals surface area contributed by atoms with Gasteiger partial charge in [0.05, 0.1) is 23.7 Å². The molecule has 0 aliphatic carbocycles. The summed E-state index contributed by atoms with van der Waals surface area (Å²) in [5.74, 6) is 0. The molecule has 0 radical (unpaired) electrons. The molecule has 2 atom stereocenters. The molecule has 1 N–H and O–H groups in total. The Hall–Kier alpha value is -1.60. The van der Waals surface area contributed by atoms with Crippen molar-refractivity contribution in [3.8, 4) is 0 Å². The fourth-order valence-corrected chi connectivity index (χ4v) is 5.46. The molecule has 22 heavy (non-hydrogen) atoms. The van der Waals surface area contributed by atoms with Crippen LogP contribution >= 0.6 is 0 Å². The van der Waals surface area contributed by atoms with E-state index in [0.717, 1.165) is 42.5 Å². The zero-order valence-electron chi connectivity index (χ0n) is 12.8. The molecule has 7 heteroatoms. The summed E-state index contributed by atoms with van der Waals surface area (Å²) in [4.78, 5) is 2.32. The largest absolute Gasteiger partial charge is 0.367 e. The van der Waals surface area contributed by atoms with E-state index in [1.807, 2.05) is 6.20 Å². The van der Waals surface area contributed by atoms with E-state index in [0.29, 0.717) is 0 Å². The topological polar surface area (TPSA) is 69.3 Å². The van der Waals surface area contributed by atoms with E-state index >= 15 is 0 Å². The van der Waals surface area contributed by atoms with Crippen LogP contribution in [0.3, 0.4) is 0 Å². The van der Waals surface area contributed by atoms with Crippen molar-refractivity contribution in [2.45, 2.75) is 31.8 Å². The van der Waals surface area contributed by atoms with Crippen LogP contribution in [-0.4, -0.2) is 54.3 Å². The Morgan fingerprint density at radius 3 is 2.55 bits per heavy atom. The highest BCUT2D eigenvalue weighted by Crippen LogP contribution is 2.36. The Balaban J connectivity index is 1.72. The number of benzene rings is 1. The number of aromatic amines is 1. The maximum atomic E-state index is 12.0. The van der Waals surface area contributed by atoms with Gasteiger partial charge in [0.1, 0.15) is 0 Å². The second kappa shape index (κ2) is 4.70. The highest BCUT2D eigenvalue weighted by atomic mass is 32.2. The van der Waals surface area contributed by atoms with Crippen LogP contribution in [0.4, 0.5) is 5.69 Å². The highest BCUT2D eigenvalue weighted by Gasteiger charge is 2.44. The number of hydrogen-bond acceptors (Lipinski definition) is 4. The summed E-state index contributed by atoms with van der Waals surface area (Å²) < 4.78 is 25.7. The Bertz CT molecular complexity index is 815. The fourth-order valence-electron chi connectivity index (χ4n) is 4.04. The van der Waals surface area contributed by atoms with Gasteiger partial charge in [0.2, 0.25) is 10.0 Å². The monoisotopic (exact) mass is 320 g/mol. The number of aryl methyl sites for hydroxylation is 1. The van der Waals surface area contributed by atoms with Gasteiger partial charge in [-0.1, -0.05) is 0 Å². The summed E-state index contributed by atoms with van der Waals surface area (Å²) in [5.41, 5.74) is 3.37. The Morgan fingerprint density at radius 1 is 1.23 bits per heavy atom. The summed E-state index contributed by atoms with van der Waals surface area (Å²) >= 11 is 0. The van der Waals surface area contributed by atoms with Crippen LogP contribution in [0.25, 0.3) is 10.9 Å². The lowest BCUT2D eigenvalue weighted by Crippen LogP contribution is -2.55.